The third kappa shape index (κ3) is 3.06. The molecule has 0 spiro atoms. The molecule has 2 bridgehead atoms. The maximum absolute atomic E-state index is 12.7. The quantitative estimate of drug-likeness (QED) is 0.922. The molecule has 0 aliphatic carbocycles. The number of piperidine rings is 3. The summed E-state index contributed by atoms with van der Waals surface area (Å²) in [6.45, 7) is 4.52. The number of amides is 1. The third-order valence-electron chi connectivity index (χ3n) is 5.47. The molecule has 1 aromatic carbocycles. The highest BCUT2D eigenvalue weighted by Gasteiger charge is 2.40. The fourth-order valence-electron chi connectivity index (χ4n) is 3.97. The molecule has 1 amide bonds. The summed E-state index contributed by atoms with van der Waals surface area (Å²) in [7, 11) is 0. The van der Waals surface area contributed by atoms with Crippen LogP contribution in [0.15, 0.2) is 30.5 Å². The Kier molecular flexibility index (Phi) is 4.28. The fraction of sp³-hybridized carbons (Fsp3) is 0.421. The van der Waals surface area contributed by atoms with Gasteiger partial charge in [0.2, 0.25) is 0 Å². The number of hydrogen-bond acceptors (Lipinski definition) is 5. The lowest BCUT2D eigenvalue weighted by atomic mass is 9.79. The monoisotopic (exact) mass is 352 g/mol. The predicted molar refractivity (Wildman–Crippen MR) is 97.3 cm³/mol. The van der Waals surface area contributed by atoms with Crippen molar-refractivity contribution in [3.8, 4) is 16.6 Å². The minimum absolute atomic E-state index is 0.0250. The van der Waals surface area contributed by atoms with Gasteiger partial charge in [-0.3, -0.25) is 9.69 Å². The number of carbonyl (C=O) groups is 1. The van der Waals surface area contributed by atoms with Gasteiger partial charge in [-0.15, -0.1) is 11.3 Å². The Morgan fingerprint density at radius 2 is 2.04 bits per heavy atom. The fourth-order valence-corrected chi connectivity index (χ4v) is 4.79. The van der Waals surface area contributed by atoms with Crippen LogP contribution < -0.4 is 5.32 Å². The van der Waals surface area contributed by atoms with E-state index in [4.69, 9.17) is 5.26 Å². The molecule has 6 heteroatoms. The number of nitrogens with zero attached hydrogens (tertiary/aromatic N) is 3. The summed E-state index contributed by atoms with van der Waals surface area (Å²) in [5, 5.41) is 12.9. The summed E-state index contributed by atoms with van der Waals surface area (Å²) in [5.74, 6) is 0.567. The van der Waals surface area contributed by atoms with Crippen LogP contribution in [0, 0.1) is 17.2 Å². The van der Waals surface area contributed by atoms with Crippen LogP contribution in [-0.2, 0) is 0 Å². The lowest BCUT2D eigenvalue weighted by Crippen LogP contribution is -2.62. The van der Waals surface area contributed by atoms with Crippen molar-refractivity contribution in [2.24, 2.45) is 5.92 Å². The van der Waals surface area contributed by atoms with Gasteiger partial charge in [-0.1, -0.05) is 12.1 Å². The normalized spacial score (nSPS) is 27.7. The summed E-state index contributed by atoms with van der Waals surface area (Å²) >= 11 is 1.40. The molecule has 2 aromatic rings. The van der Waals surface area contributed by atoms with E-state index in [1.807, 2.05) is 12.1 Å². The van der Waals surface area contributed by atoms with Crippen LogP contribution in [-0.4, -0.2) is 41.0 Å². The molecule has 3 saturated heterocycles. The zero-order valence-corrected chi connectivity index (χ0v) is 14.9. The van der Waals surface area contributed by atoms with Crippen molar-refractivity contribution in [3.63, 3.8) is 0 Å². The number of thiazole rings is 1. The van der Waals surface area contributed by atoms with Crippen molar-refractivity contribution in [2.45, 2.75) is 31.8 Å². The van der Waals surface area contributed by atoms with E-state index in [9.17, 15) is 4.79 Å². The zero-order chi connectivity index (χ0) is 17.4. The molecule has 1 N–H and O–H groups in total. The standard InChI is InChI=1S/C19H20N4OS/c1-12-17(14-6-8-23(12)9-7-14)22-18(24)16-11-21-19(25-16)15-4-2-13(10-20)3-5-15/h2-5,11-12,14,17H,6-9H2,1H3,(H,22,24). The Balaban J connectivity index is 1.48. The summed E-state index contributed by atoms with van der Waals surface area (Å²) in [4.78, 5) is 20.2. The van der Waals surface area contributed by atoms with E-state index in [0.717, 1.165) is 23.7 Å². The van der Waals surface area contributed by atoms with E-state index in [-0.39, 0.29) is 11.9 Å². The van der Waals surface area contributed by atoms with Gasteiger partial charge < -0.3 is 5.32 Å². The van der Waals surface area contributed by atoms with Crippen molar-refractivity contribution in [1.29, 1.82) is 5.26 Å². The molecule has 3 aliphatic heterocycles. The van der Waals surface area contributed by atoms with Gasteiger partial charge in [0.15, 0.2) is 0 Å². The van der Waals surface area contributed by atoms with E-state index >= 15 is 0 Å². The smallest absolute Gasteiger partial charge is 0.263 e. The van der Waals surface area contributed by atoms with Crippen molar-refractivity contribution >= 4 is 17.2 Å². The average Bonchev–Trinajstić information content (AvgIpc) is 3.15. The van der Waals surface area contributed by atoms with E-state index in [0.29, 0.717) is 22.4 Å². The minimum atomic E-state index is -0.0250. The molecular formula is C19H20N4OS. The number of benzene rings is 1. The van der Waals surface area contributed by atoms with Gasteiger partial charge >= 0.3 is 0 Å². The molecule has 5 nitrogen and oxygen atoms in total. The van der Waals surface area contributed by atoms with Crippen LogP contribution in [0.4, 0.5) is 0 Å². The molecule has 0 radical (unpaired) electrons. The Labute approximate surface area is 151 Å². The number of rotatable bonds is 3. The molecule has 2 unspecified atom stereocenters. The van der Waals surface area contributed by atoms with Crippen LogP contribution in [0.2, 0.25) is 0 Å². The first-order chi connectivity index (χ1) is 12.2. The first-order valence-electron chi connectivity index (χ1n) is 8.67. The molecular weight excluding hydrogens is 332 g/mol. The van der Waals surface area contributed by atoms with Gasteiger partial charge in [0, 0.05) is 17.6 Å². The highest BCUT2D eigenvalue weighted by Crippen LogP contribution is 2.32. The van der Waals surface area contributed by atoms with Gasteiger partial charge in [0.05, 0.1) is 17.8 Å². The van der Waals surface area contributed by atoms with Crippen molar-refractivity contribution < 1.29 is 4.79 Å². The Morgan fingerprint density at radius 1 is 1.32 bits per heavy atom. The maximum Gasteiger partial charge on any atom is 0.263 e. The molecule has 4 heterocycles. The van der Waals surface area contributed by atoms with E-state index in [1.54, 1.807) is 18.3 Å². The summed E-state index contributed by atoms with van der Waals surface area (Å²) in [6.07, 6.45) is 4.00. The topological polar surface area (TPSA) is 69.0 Å². The van der Waals surface area contributed by atoms with Crippen LogP contribution in [0.25, 0.3) is 10.6 Å². The highest BCUT2D eigenvalue weighted by molar-refractivity contribution is 7.16. The SMILES string of the molecule is CC1C(NC(=O)c2cnc(-c3ccc(C#N)cc3)s2)C2CCN1CC2. The number of carbonyl (C=O) groups excluding carboxylic acids is 1. The van der Waals surface area contributed by atoms with Crippen LogP contribution in [0.1, 0.15) is 35.0 Å². The largest absolute Gasteiger partial charge is 0.347 e. The maximum atomic E-state index is 12.7. The molecule has 25 heavy (non-hydrogen) atoms. The second-order valence-corrected chi connectivity index (χ2v) is 7.86. The number of fused-ring (bicyclic) bond motifs is 3. The van der Waals surface area contributed by atoms with Crippen LogP contribution >= 0.6 is 11.3 Å². The molecule has 2 atom stereocenters. The first-order valence-corrected chi connectivity index (χ1v) is 9.48. The lowest BCUT2D eigenvalue weighted by Gasteiger charge is -2.49. The Morgan fingerprint density at radius 3 is 2.68 bits per heavy atom. The summed E-state index contributed by atoms with van der Waals surface area (Å²) in [6, 6.07) is 10.0. The molecule has 128 valence electrons. The number of nitriles is 1. The molecule has 3 fully saturated rings. The predicted octanol–water partition coefficient (Wildman–Crippen LogP) is 2.89. The first kappa shape index (κ1) is 16.2. The van der Waals surface area contributed by atoms with Crippen molar-refractivity contribution in [3.05, 3.63) is 40.9 Å². The molecule has 5 rings (SSSR count). The number of hydrogen-bond donors (Lipinski definition) is 1. The Bertz CT molecular complexity index is 813. The molecule has 0 saturated carbocycles. The van der Waals surface area contributed by atoms with E-state index in [1.165, 1.54) is 24.2 Å². The number of aromatic nitrogens is 1. The summed E-state index contributed by atoms with van der Waals surface area (Å²) in [5.41, 5.74) is 1.55. The Hall–Kier alpha value is -2.23. The average molecular weight is 352 g/mol. The van der Waals surface area contributed by atoms with Crippen LogP contribution in [0.3, 0.4) is 0 Å². The summed E-state index contributed by atoms with van der Waals surface area (Å²) < 4.78 is 0. The second-order valence-electron chi connectivity index (χ2n) is 6.83. The van der Waals surface area contributed by atoms with E-state index < -0.39 is 0 Å². The van der Waals surface area contributed by atoms with Gasteiger partial charge in [0.25, 0.3) is 5.91 Å². The highest BCUT2D eigenvalue weighted by atomic mass is 32.1. The molecule has 3 aliphatic rings. The van der Waals surface area contributed by atoms with E-state index in [2.05, 4.69) is 28.2 Å². The van der Waals surface area contributed by atoms with Gasteiger partial charge in [-0.05, 0) is 50.9 Å². The van der Waals surface area contributed by atoms with Gasteiger partial charge in [-0.2, -0.15) is 5.26 Å². The minimum Gasteiger partial charge on any atom is -0.347 e. The zero-order valence-electron chi connectivity index (χ0n) is 14.1. The van der Waals surface area contributed by atoms with Crippen LogP contribution in [0.5, 0.6) is 0 Å². The molecule has 1 aromatic heterocycles. The van der Waals surface area contributed by atoms with Crippen molar-refractivity contribution in [1.82, 2.24) is 15.2 Å². The van der Waals surface area contributed by atoms with Gasteiger partial charge in [-0.25, -0.2) is 4.98 Å². The lowest BCUT2D eigenvalue weighted by molar-refractivity contribution is 0.0218. The third-order valence-corrected chi connectivity index (χ3v) is 6.51. The number of nitrogens with one attached hydrogen (secondary N) is 1. The van der Waals surface area contributed by atoms with Gasteiger partial charge in [0.1, 0.15) is 9.88 Å². The second kappa shape index (κ2) is 6.58. The van der Waals surface area contributed by atoms with Crippen molar-refractivity contribution in [2.75, 3.05) is 13.1 Å².